The van der Waals surface area contributed by atoms with Gasteiger partial charge in [0, 0.05) is 6.42 Å². The van der Waals surface area contributed by atoms with Crippen LogP contribution in [0.3, 0.4) is 0 Å². The summed E-state index contributed by atoms with van der Waals surface area (Å²) in [5, 5.41) is 34.9. The Morgan fingerprint density at radius 1 is 0.909 bits per heavy atom. The first-order chi connectivity index (χ1) is 15.3. The van der Waals surface area contributed by atoms with E-state index in [0.29, 0.717) is 12.2 Å². The molecule has 0 aromatic rings. The van der Waals surface area contributed by atoms with Gasteiger partial charge in [0.25, 0.3) is 0 Å². The van der Waals surface area contributed by atoms with Crippen molar-refractivity contribution < 1.29 is 39.3 Å². The fourth-order valence-electron chi connectivity index (χ4n) is 2.73. The van der Waals surface area contributed by atoms with Crippen molar-refractivity contribution in [1.29, 1.82) is 0 Å². The van der Waals surface area contributed by atoms with Crippen LogP contribution >= 0.6 is 11.8 Å². The molecule has 0 aliphatic heterocycles. The lowest BCUT2D eigenvalue weighted by molar-refractivity contribution is -0.143. The number of aliphatic hydroxyl groups excluding tert-OH is 1. The van der Waals surface area contributed by atoms with E-state index < -0.39 is 66.4 Å². The molecule has 0 radical (unpaired) electrons. The summed E-state index contributed by atoms with van der Waals surface area (Å²) in [6.45, 7) is 4.87. The van der Waals surface area contributed by atoms with Gasteiger partial charge in [-0.05, 0) is 37.7 Å². The molecule has 33 heavy (non-hydrogen) atoms. The van der Waals surface area contributed by atoms with Gasteiger partial charge in [-0.2, -0.15) is 11.8 Å². The maximum atomic E-state index is 13.0. The SMILES string of the molecule is CCC(C)C(NC(=O)C(N)C(C)O)C(=O)NC(CCSC)C(=O)NC(CCC(=O)O)C(=O)O. The third kappa shape index (κ3) is 11.3. The smallest absolute Gasteiger partial charge is 0.326 e. The van der Waals surface area contributed by atoms with Crippen LogP contribution in [-0.4, -0.2) is 87.3 Å². The summed E-state index contributed by atoms with van der Waals surface area (Å²) in [4.78, 5) is 60.2. The third-order valence-electron chi connectivity index (χ3n) is 5.12. The van der Waals surface area contributed by atoms with Gasteiger partial charge in [-0.15, -0.1) is 0 Å². The predicted molar refractivity (Wildman–Crippen MR) is 122 cm³/mol. The molecular weight excluding hydrogens is 456 g/mol. The van der Waals surface area contributed by atoms with E-state index in [9.17, 15) is 34.2 Å². The maximum Gasteiger partial charge on any atom is 0.326 e. The van der Waals surface area contributed by atoms with Crippen LogP contribution in [0.25, 0.3) is 0 Å². The Morgan fingerprint density at radius 3 is 1.94 bits per heavy atom. The molecule has 0 aromatic heterocycles. The van der Waals surface area contributed by atoms with E-state index in [1.807, 2.05) is 6.92 Å². The van der Waals surface area contributed by atoms with Crippen molar-refractivity contribution >= 4 is 41.4 Å². The first-order valence-corrected chi connectivity index (χ1v) is 12.0. The Bertz CT molecular complexity index is 691. The van der Waals surface area contributed by atoms with E-state index in [1.54, 1.807) is 13.2 Å². The highest BCUT2D eigenvalue weighted by atomic mass is 32.2. The summed E-state index contributed by atoms with van der Waals surface area (Å²) in [7, 11) is 0. The van der Waals surface area contributed by atoms with Crippen molar-refractivity contribution in [2.75, 3.05) is 12.0 Å². The number of carboxylic acids is 2. The number of carboxylic acid groups (broad SMARTS) is 2. The second-order valence-corrected chi connectivity index (χ2v) is 8.80. The van der Waals surface area contributed by atoms with Crippen LogP contribution < -0.4 is 21.7 Å². The van der Waals surface area contributed by atoms with Gasteiger partial charge in [0.15, 0.2) is 0 Å². The molecule has 0 spiro atoms. The number of aliphatic carboxylic acids is 2. The first-order valence-electron chi connectivity index (χ1n) is 10.6. The average molecular weight is 493 g/mol. The van der Waals surface area contributed by atoms with E-state index >= 15 is 0 Å². The average Bonchev–Trinajstić information content (AvgIpc) is 2.75. The Kier molecular flexibility index (Phi) is 14.3. The lowest BCUT2D eigenvalue weighted by Gasteiger charge is -2.28. The fraction of sp³-hybridized carbons (Fsp3) is 0.750. The minimum atomic E-state index is -1.43. The summed E-state index contributed by atoms with van der Waals surface area (Å²) >= 11 is 1.41. The largest absolute Gasteiger partial charge is 0.481 e. The number of aliphatic hydroxyl groups is 1. The highest BCUT2D eigenvalue weighted by Gasteiger charge is 2.33. The molecule has 0 bridgehead atoms. The van der Waals surface area contributed by atoms with Gasteiger partial charge in [-0.1, -0.05) is 20.3 Å². The molecule has 0 saturated carbocycles. The first kappa shape index (κ1) is 30.6. The van der Waals surface area contributed by atoms with Crippen molar-refractivity contribution in [1.82, 2.24) is 16.0 Å². The molecule has 0 heterocycles. The molecule has 6 atom stereocenters. The number of hydrogen-bond donors (Lipinski definition) is 7. The maximum absolute atomic E-state index is 13.0. The Labute approximate surface area is 197 Å². The van der Waals surface area contributed by atoms with Crippen molar-refractivity contribution in [2.24, 2.45) is 11.7 Å². The standard InChI is InChI=1S/C20H36N4O8S/c1-5-10(2)16(24-18(29)15(21)11(3)25)19(30)22-12(8-9-33-4)17(28)23-13(20(31)32)6-7-14(26)27/h10-13,15-16,25H,5-9,21H2,1-4H3,(H,22,30)(H,23,28)(H,24,29)(H,26,27)(H,31,32). The number of thioether (sulfide) groups is 1. The summed E-state index contributed by atoms with van der Waals surface area (Å²) in [6.07, 6.45) is 0.583. The minimum absolute atomic E-state index is 0.179. The van der Waals surface area contributed by atoms with Gasteiger partial charge in [0.2, 0.25) is 17.7 Å². The Morgan fingerprint density at radius 2 is 1.48 bits per heavy atom. The van der Waals surface area contributed by atoms with Gasteiger partial charge in [0.05, 0.1) is 6.10 Å². The van der Waals surface area contributed by atoms with E-state index in [0.717, 1.165) is 0 Å². The van der Waals surface area contributed by atoms with Crippen LogP contribution in [0.5, 0.6) is 0 Å². The quantitative estimate of drug-likeness (QED) is 0.138. The fourth-order valence-corrected chi connectivity index (χ4v) is 3.21. The zero-order valence-corrected chi connectivity index (χ0v) is 20.2. The highest BCUT2D eigenvalue weighted by Crippen LogP contribution is 2.11. The van der Waals surface area contributed by atoms with Crippen LogP contribution in [0.15, 0.2) is 0 Å². The van der Waals surface area contributed by atoms with Crippen molar-refractivity contribution in [2.45, 2.75) is 76.7 Å². The van der Waals surface area contributed by atoms with Gasteiger partial charge >= 0.3 is 11.9 Å². The molecular formula is C20H36N4O8S. The van der Waals surface area contributed by atoms with Crippen molar-refractivity contribution in [3.8, 4) is 0 Å². The molecule has 13 heteroatoms. The van der Waals surface area contributed by atoms with Crippen LogP contribution in [0, 0.1) is 5.92 Å². The van der Waals surface area contributed by atoms with Gasteiger partial charge in [-0.3, -0.25) is 19.2 Å². The van der Waals surface area contributed by atoms with Crippen LogP contribution in [0.4, 0.5) is 0 Å². The van der Waals surface area contributed by atoms with Crippen LogP contribution in [0.2, 0.25) is 0 Å². The molecule has 6 unspecified atom stereocenters. The Hall–Kier alpha value is -2.38. The molecule has 12 nitrogen and oxygen atoms in total. The summed E-state index contributed by atoms with van der Waals surface area (Å²) < 4.78 is 0. The van der Waals surface area contributed by atoms with Crippen LogP contribution in [0.1, 0.15) is 46.5 Å². The molecule has 0 aliphatic rings. The summed E-state index contributed by atoms with van der Waals surface area (Å²) in [5.41, 5.74) is 5.64. The van der Waals surface area contributed by atoms with Gasteiger partial charge in [0.1, 0.15) is 24.2 Å². The lowest BCUT2D eigenvalue weighted by Crippen LogP contribution is -2.59. The topological polar surface area (TPSA) is 208 Å². The number of nitrogens with two attached hydrogens (primary N) is 1. The predicted octanol–water partition coefficient (Wildman–Crippen LogP) is -1.10. The van der Waals surface area contributed by atoms with E-state index in [1.165, 1.54) is 18.7 Å². The molecule has 0 aromatic carbocycles. The molecule has 3 amide bonds. The minimum Gasteiger partial charge on any atom is -0.481 e. The summed E-state index contributed by atoms with van der Waals surface area (Å²) in [6, 6.07) is -4.83. The van der Waals surface area contributed by atoms with Crippen LogP contribution in [-0.2, 0) is 24.0 Å². The van der Waals surface area contributed by atoms with E-state index in [-0.39, 0.29) is 18.8 Å². The number of amides is 3. The number of rotatable bonds is 16. The molecule has 8 N–H and O–H groups in total. The second kappa shape index (κ2) is 15.5. The summed E-state index contributed by atoms with van der Waals surface area (Å²) in [5.74, 6) is -4.61. The normalized spacial score (nSPS) is 16.4. The van der Waals surface area contributed by atoms with Gasteiger partial charge < -0.3 is 37.0 Å². The number of nitrogens with one attached hydrogen (secondary N) is 3. The van der Waals surface area contributed by atoms with Gasteiger partial charge in [-0.25, -0.2) is 4.79 Å². The van der Waals surface area contributed by atoms with E-state index in [2.05, 4.69) is 16.0 Å². The Balaban J connectivity index is 5.52. The zero-order valence-electron chi connectivity index (χ0n) is 19.4. The monoisotopic (exact) mass is 492 g/mol. The number of carbonyl (C=O) groups is 5. The van der Waals surface area contributed by atoms with Crippen molar-refractivity contribution in [3.63, 3.8) is 0 Å². The zero-order chi connectivity index (χ0) is 25.7. The molecule has 0 saturated heterocycles. The number of hydrogen-bond acceptors (Lipinski definition) is 8. The molecule has 0 aliphatic carbocycles. The molecule has 190 valence electrons. The highest BCUT2D eigenvalue weighted by molar-refractivity contribution is 7.98. The third-order valence-corrected chi connectivity index (χ3v) is 5.76. The lowest BCUT2D eigenvalue weighted by atomic mass is 9.97. The molecule has 0 rings (SSSR count). The second-order valence-electron chi connectivity index (χ2n) is 7.81. The number of carbonyl (C=O) groups excluding carboxylic acids is 3. The molecule has 0 fully saturated rings. The van der Waals surface area contributed by atoms with E-state index in [4.69, 9.17) is 10.8 Å². The van der Waals surface area contributed by atoms with Crippen molar-refractivity contribution in [3.05, 3.63) is 0 Å².